The van der Waals surface area contributed by atoms with Crippen LogP contribution in [0.4, 0.5) is 0 Å². The van der Waals surface area contributed by atoms with Gasteiger partial charge >= 0.3 is 5.97 Å². The average Bonchev–Trinajstić information content (AvgIpc) is 2.30. The molecule has 1 N–H and O–H groups in total. The number of carboxylic acids is 1. The molecule has 1 aliphatic rings. The number of piperidine rings is 1. The second-order valence-corrected chi connectivity index (χ2v) is 5.78. The van der Waals surface area contributed by atoms with Crippen LogP contribution in [0.1, 0.15) is 6.42 Å². The van der Waals surface area contributed by atoms with Gasteiger partial charge in [-0.2, -0.15) is 0 Å². The van der Waals surface area contributed by atoms with Crippen LogP contribution in [0.15, 0.2) is 35.2 Å². The molecule has 0 aromatic heterocycles. The average molecular weight is 251 g/mol. The van der Waals surface area contributed by atoms with E-state index < -0.39 is 5.97 Å². The van der Waals surface area contributed by atoms with Crippen LogP contribution in [0.2, 0.25) is 0 Å². The summed E-state index contributed by atoms with van der Waals surface area (Å²) in [7, 11) is 2.05. The van der Waals surface area contributed by atoms with E-state index >= 15 is 0 Å². The molecule has 0 amide bonds. The zero-order valence-corrected chi connectivity index (χ0v) is 10.7. The predicted octanol–water partition coefficient (Wildman–Crippen LogP) is 2.18. The highest BCUT2D eigenvalue weighted by atomic mass is 32.2. The molecule has 92 valence electrons. The SMILES string of the molecule is CN1CCC(C(=O)O)C(Sc2ccccc2)C1. The summed E-state index contributed by atoms with van der Waals surface area (Å²) in [4.78, 5) is 14.6. The number of aliphatic carboxylic acids is 1. The van der Waals surface area contributed by atoms with Gasteiger partial charge in [-0.25, -0.2) is 0 Å². The largest absolute Gasteiger partial charge is 0.481 e. The molecule has 1 fully saturated rings. The highest BCUT2D eigenvalue weighted by molar-refractivity contribution is 8.00. The molecule has 0 spiro atoms. The highest BCUT2D eigenvalue weighted by Gasteiger charge is 2.33. The number of hydrogen-bond acceptors (Lipinski definition) is 3. The summed E-state index contributed by atoms with van der Waals surface area (Å²) in [5, 5.41) is 9.39. The second-order valence-electron chi connectivity index (χ2n) is 4.47. The van der Waals surface area contributed by atoms with Crippen molar-refractivity contribution in [3.8, 4) is 0 Å². The molecule has 3 nitrogen and oxygen atoms in total. The standard InChI is InChI=1S/C13H17NO2S/c1-14-8-7-11(13(15)16)12(9-14)17-10-5-3-2-4-6-10/h2-6,11-12H,7-9H2,1H3,(H,15,16). The summed E-state index contributed by atoms with van der Waals surface area (Å²) < 4.78 is 0. The first-order valence-corrected chi connectivity index (χ1v) is 6.68. The Kier molecular flexibility index (Phi) is 4.07. The Morgan fingerprint density at radius 3 is 2.76 bits per heavy atom. The fourth-order valence-electron chi connectivity index (χ4n) is 2.15. The van der Waals surface area contributed by atoms with Crippen LogP contribution in [-0.4, -0.2) is 41.4 Å². The number of hydrogen-bond donors (Lipinski definition) is 1. The lowest BCUT2D eigenvalue weighted by atomic mass is 9.97. The summed E-state index contributed by atoms with van der Waals surface area (Å²) >= 11 is 1.68. The Balaban J connectivity index is 2.08. The van der Waals surface area contributed by atoms with Gasteiger partial charge in [-0.05, 0) is 32.1 Å². The predicted molar refractivity (Wildman–Crippen MR) is 69.3 cm³/mol. The van der Waals surface area contributed by atoms with Crippen molar-refractivity contribution in [1.29, 1.82) is 0 Å². The molecular formula is C13H17NO2S. The molecule has 2 rings (SSSR count). The van der Waals surface area contributed by atoms with E-state index in [1.54, 1.807) is 11.8 Å². The zero-order valence-electron chi connectivity index (χ0n) is 9.87. The minimum absolute atomic E-state index is 0.147. The van der Waals surface area contributed by atoms with E-state index in [0.717, 1.165) is 24.4 Å². The van der Waals surface area contributed by atoms with Crippen molar-refractivity contribution in [2.45, 2.75) is 16.6 Å². The molecule has 0 bridgehead atoms. The van der Waals surface area contributed by atoms with Crippen molar-refractivity contribution in [1.82, 2.24) is 4.90 Å². The maximum atomic E-state index is 11.2. The third-order valence-electron chi connectivity index (χ3n) is 3.11. The number of benzene rings is 1. The summed E-state index contributed by atoms with van der Waals surface area (Å²) in [6.07, 6.45) is 0.746. The van der Waals surface area contributed by atoms with Crippen LogP contribution in [0.3, 0.4) is 0 Å². The monoisotopic (exact) mass is 251 g/mol. The number of nitrogens with zero attached hydrogens (tertiary/aromatic N) is 1. The quantitative estimate of drug-likeness (QED) is 0.894. The second kappa shape index (κ2) is 5.56. The first kappa shape index (κ1) is 12.5. The lowest BCUT2D eigenvalue weighted by Crippen LogP contribution is -2.43. The smallest absolute Gasteiger partial charge is 0.307 e. The summed E-state index contributed by atoms with van der Waals surface area (Å²) in [6, 6.07) is 10.0. The van der Waals surface area contributed by atoms with E-state index in [-0.39, 0.29) is 11.2 Å². The molecule has 1 saturated heterocycles. The Bertz CT molecular complexity index is 382. The van der Waals surface area contributed by atoms with Crippen molar-refractivity contribution in [3.63, 3.8) is 0 Å². The molecule has 2 atom stereocenters. The molecule has 0 radical (unpaired) electrons. The van der Waals surface area contributed by atoms with E-state index in [0.29, 0.717) is 0 Å². The number of carbonyl (C=O) groups is 1. The van der Waals surface area contributed by atoms with Gasteiger partial charge in [-0.15, -0.1) is 11.8 Å². The van der Waals surface area contributed by atoms with Crippen LogP contribution in [-0.2, 0) is 4.79 Å². The zero-order chi connectivity index (χ0) is 12.3. The highest BCUT2D eigenvalue weighted by Crippen LogP contribution is 2.32. The van der Waals surface area contributed by atoms with Crippen molar-refractivity contribution in [2.24, 2.45) is 5.92 Å². The Labute approximate surface area is 106 Å². The van der Waals surface area contributed by atoms with Gasteiger partial charge in [-0.1, -0.05) is 18.2 Å². The summed E-state index contributed by atoms with van der Waals surface area (Å²) in [5.74, 6) is -0.886. The van der Waals surface area contributed by atoms with E-state index in [4.69, 9.17) is 0 Å². The van der Waals surface area contributed by atoms with Crippen molar-refractivity contribution in [3.05, 3.63) is 30.3 Å². The Hall–Kier alpha value is -1.00. The fraction of sp³-hybridized carbons (Fsp3) is 0.462. The van der Waals surface area contributed by atoms with Crippen LogP contribution in [0, 0.1) is 5.92 Å². The molecule has 17 heavy (non-hydrogen) atoms. The number of rotatable bonds is 3. The van der Waals surface area contributed by atoms with Crippen molar-refractivity contribution < 1.29 is 9.90 Å². The summed E-state index contributed by atoms with van der Waals surface area (Å²) in [5.41, 5.74) is 0. The molecule has 0 saturated carbocycles. The van der Waals surface area contributed by atoms with Gasteiger partial charge in [0.2, 0.25) is 0 Å². The minimum Gasteiger partial charge on any atom is -0.481 e. The summed E-state index contributed by atoms with van der Waals surface area (Å²) in [6.45, 7) is 1.72. The van der Waals surface area contributed by atoms with Gasteiger partial charge in [0.05, 0.1) is 5.92 Å². The maximum Gasteiger partial charge on any atom is 0.307 e. The van der Waals surface area contributed by atoms with Crippen LogP contribution >= 0.6 is 11.8 Å². The first-order valence-electron chi connectivity index (χ1n) is 5.80. The molecule has 1 aromatic rings. The molecule has 4 heteroatoms. The lowest BCUT2D eigenvalue weighted by molar-refractivity contribution is -0.142. The van der Waals surface area contributed by atoms with Crippen LogP contribution < -0.4 is 0 Å². The van der Waals surface area contributed by atoms with E-state index in [2.05, 4.69) is 11.9 Å². The molecule has 1 heterocycles. The first-order chi connectivity index (χ1) is 8.16. The molecule has 0 aliphatic carbocycles. The molecule has 1 aliphatic heterocycles. The van der Waals surface area contributed by atoms with Gasteiger partial charge in [0.1, 0.15) is 0 Å². The van der Waals surface area contributed by atoms with Crippen LogP contribution in [0.5, 0.6) is 0 Å². The van der Waals surface area contributed by atoms with E-state index in [1.807, 2.05) is 30.3 Å². The van der Waals surface area contributed by atoms with Gasteiger partial charge in [0, 0.05) is 16.7 Å². The fourth-order valence-corrected chi connectivity index (χ4v) is 3.56. The number of likely N-dealkylation sites (tertiary alicyclic amines) is 1. The number of thioether (sulfide) groups is 1. The minimum atomic E-state index is -0.661. The van der Waals surface area contributed by atoms with Gasteiger partial charge in [0.15, 0.2) is 0 Å². The molecule has 1 aromatic carbocycles. The molecular weight excluding hydrogens is 234 g/mol. The Morgan fingerprint density at radius 1 is 1.41 bits per heavy atom. The van der Waals surface area contributed by atoms with E-state index in [9.17, 15) is 9.90 Å². The van der Waals surface area contributed by atoms with Gasteiger partial charge < -0.3 is 10.0 Å². The third-order valence-corrected chi connectivity index (χ3v) is 4.43. The normalized spacial score (nSPS) is 25.7. The van der Waals surface area contributed by atoms with Crippen molar-refractivity contribution in [2.75, 3.05) is 20.1 Å². The van der Waals surface area contributed by atoms with Gasteiger partial charge in [-0.3, -0.25) is 4.79 Å². The van der Waals surface area contributed by atoms with Crippen LogP contribution in [0.25, 0.3) is 0 Å². The van der Waals surface area contributed by atoms with Gasteiger partial charge in [0.25, 0.3) is 0 Å². The third kappa shape index (κ3) is 3.23. The number of carboxylic acid groups (broad SMARTS) is 1. The van der Waals surface area contributed by atoms with E-state index in [1.165, 1.54) is 0 Å². The lowest BCUT2D eigenvalue weighted by Gasteiger charge is -2.34. The van der Waals surface area contributed by atoms with Crippen molar-refractivity contribution >= 4 is 17.7 Å². The topological polar surface area (TPSA) is 40.5 Å². The Morgan fingerprint density at radius 2 is 2.12 bits per heavy atom. The maximum absolute atomic E-state index is 11.2. The molecule has 2 unspecified atom stereocenters.